The van der Waals surface area contributed by atoms with Gasteiger partial charge in [0.25, 0.3) is 0 Å². The van der Waals surface area contributed by atoms with E-state index in [1.54, 1.807) is 6.92 Å². The van der Waals surface area contributed by atoms with E-state index in [4.69, 9.17) is 4.74 Å². The molecule has 1 aromatic rings. The Morgan fingerprint density at radius 1 is 1.16 bits per heavy atom. The van der Waals surface area contributed by atoms with Crippen LogP contribution in [0, 0.1) is 0 Å². The molecule has 2 fully saturated rings. The van der Waals surface area contributed by atoms with E-state index in [1.165, 1.54) is 25.8 Å². The number of urea groups is 1. The van der Waals surface area contributed by atoms with Gasteiger partial charge >= 0.3 is 12.0 Å². The van der Waals surface area contributed by atoms with Crippen LogP contribution < -0.4 is 5.32 Å². The van der Waals surface area contributed by atoms with Gasteiger partial charge < -0.3 is 15.0 Å². The second-order valence-electron chi connectivity index (χ2n) is 6.74. The maximum Gasteiger partial charge on any atom is 0.321 e. The first-order valence-corrected chi connectivity index (χ1v) is 9.20. The molecule has 2 aliphatic heterocycles. The summed E-state index contributed by atoms with van der Waals surface area (Å²) in [7, 11) is 0. The van der Waals surface area contributed by atoms with Gasteiger partial charge in [-0.3, -0.25) is 9.69 Å². The van der Waals surface area contributed by atoms with Gasteiger partial charge in [-0.25, -0.2) is 4.79 Å². The fraction of sp³-hybridized carbons (Fsp3) is 0.579. The molecule has 2 aliphatic rings. The number of carbonyl (C=O) groups excluding carboxylic acids is 2. The van der Waals surface area contributed by atoms with Crippen LogP contribution in [-0.4, -0.2) is 60.6 Å². The number of piperazine rings is 1. The smallest absolute Gasteiger partial charge is 0.321 e. The summed E-state index contributed by atoms with van der Waals surface area (Å²) < 4.78 is 4.94. The minimum absolute atomic E-state index is 0.0385. The number of piperidine rings is 1. The maximum absolute atomic E-state index is 12.5. The number of benzene rings is 1. The van der Waals surface area contributed by atoms with Gasteiger partial charge in [-0.1, -0.05) is 18.6 Å². The Morgan fingerprint density at radius 3 is 2.72 bits per heavy atom. The number of rotatable bonds is 4. The topological polar surface area (TPSA) is 61.9 Å². The van der Waals surface area contributed by atoms with E-state index in [0.29, 0.717) is 12.6 Å². The van der Waals surface area contributed by atoms with E-state index in [1.807, 2.05) is 29.2 Å². The number of fused-ring (bicyclic) bond motifs is 1. The van der Waals surface area contributed by atoms with Crippen molar-refractivity contribution in [3.05, 3.63) is 29.8 Å². The third kappa shape index (κ3) is 4.72. The zero-order valence-electron chi connectivity index (χ0n) is 14.9. The van der Waals surface area contributed by atoms with Crippen LogP contribution in [0.5, 0.6) is 0 Å². The molecule has 2 amide bonds. The molecule has 0 radical (unpaired) electrons. The highest BCUT2D eigenvalue weighted by atomic mass is 16.5. The Morgan fingerprint density at radius 2 is 1.96 bits per heavy atom. The molecule has 136 valence electrons. The molecule has 0 spiro atoms. The molecule has 1 N–H and O–H groups in total. The van der Waals surface area contributed by atoms with E-state index in [2.05, 4.69) is 10.2 Å². The van der Waals surface area contributed by atoms with Crippen LogP contribution in [0.2, 0.25) is 0 Å². The van der Waals surface area contributed by atoms with Gasteiger partial charge in [0.15, 0.2) is 0 Å². The van der Waals surface area contributed by atoms with Crippen molar-refractivity contribution < 1.29 is 14.3 Å². The quantitative estimate of drug-likeness (QED) is 0.852. The van der Waals surface area contributed by atoms with E-state index < -0.39 is 0 Å². The van der Waals surface area contributed by atoms with Crippen molar-refractivity contribution in [1.29, 1.82) is 0 Å². The summed E-state index contributed by atoms with van der Waals surface area (Å²) in [5.41, 5.74) is 1.64. The normalized spacial score (nSPS) is 20.7. The van der Waals surface area contributed by atoms with Gasteiger partial charge in [-0.05, 0) is 44.0 Å². The first kappa shape index (κ1) is 17.7. The van der Waals surface area contributed by atoms with Gasteiger partial charge in [0.1, 0.15) is 0 Å². The molecular formula is C19H27N3O3. The average Bonchev–Trinajstić information content (AvgIpc) is 2.63. The van der Waals surface area contributed by atoms with Crippen molar-refractivity contribution in [3.63, 3.8) is 0 Å². The van der Waals surface area contributed by atoms with E-state index in [9.17, 15) is 9.59 Å². The molecule has 25 heavy (non-hydrogen) atoms. The van der Waals surface area contributed by atoms with Crippen molar-refractivity contribution in [2.24, 2.45) is 0 Å². The Kier molecular flexibility index (Phi) is 5.91. The molecule has 6 nitrogen and oxygen atoms in total. The summed E-state index contributed by atoms with van der Waals surface area (Å²) in [6.45, 7) is 5.92. The molecule has 0 aliphatic carbocycles. The first-order chi connectivity index (χ1) is 12.2. The zero-order chi connectivity index (χ0) is 17.6. The molecular weight excluding hydrogens is 318 g/mol. The molecule has 0 bridgehead atoms. The predicted octanol–water partition coefficient (Wildman–Crippen LogP) is 2.49. The molecule has 2 heterocycles. The summed E-state index contributed by atoms with van der Waals surface area (Å²) in [6, 6.07) is 7.85. The van der Waals surface area contributed by atoms with Crippen LogP contribution >= 0.6 is 0 Å². The maximum atomic E-state index is 12.5. The number of hydrogen-bond acceptors (Lipinski definition) is 4. The minimum atomic E-state index is -0.232. The Labute approximate surface area is 149 Å². The molecule has 0 unspecified atom stereocenters. The number of nitrogens with zero attached hydrogens (tertiary/aromatic N) is 2. The fourth-order valence-corrected chi connectivity index (χ4v) is 3.63. The number of ether oxygens (including phenoxy) is 1. The Hall–Kier alpha value is -2.08. The van der Waals surface area contributed by atoms with Crippen molar-refractivity contribution in [2.45, 2.75) is 38.6 Å². The third-order valence-electron chi connectivity index (χ3n) is 4.98. The van der Waals surface area contributed by atoms with Crippen molar-refractivity contribution >= 4 is 17.7 Å². The monoisotopic (exact) mass is 345 g/mol. The lowest BCUT2D eigenvalue weighted by Crippen LogP contribution is -2.56. The van der Waals surface area contributed by atoms with Crippen LogP contribution in [-0.2, 0) is 16.0 Å². The Balaban J connectivity index is 1.51. The number of amides is 2. The van der Waals surface area contributed by atoms with Gasteiger partial charge in [0.05, 0.1) is 13.0 Å². The fourth-order valence-electron chi connectivity index (χ4n) is 3.63. The van der Waals surface area contributed by atoms with Crippen LogP contribution in [0.15, 0.2) is 24.3 Å². The van der Waals surface area contributed by atoms with Crippen molar-refractivity contribution in [1.82, 2.24) is 9.80 Å². The minimum Gasteiger partial charge on any atom is -0.466 e. The summed E-state index contributed by atoms with van der Waals surface area (Å²) >= 11 is 0. The number of carbonyl (C=O) groups is 2. The lowest BCUT2D eigenvalue weighted by Gasteiger charge is -2.43. The van der Waals surface area contributed by atoms with E-state index in [0.717, 1.165) is 30.9 Å². The SMILES string of the molecule is CCOC(=O)Cc1ccc(NC(=O)N2CCN3CCCC[C@H]3C2)cc1. The van der Waals surface area contributed by atoms with Gasteiger partial charge in [0.2, 0.25) is 0 Å². The third-order valence-corrected chi connectivity index (χ3v) is 4.98. The number of anilines is 1. The van der Waals surface area contributed by atoms with E-state index >= 15 is 0 Å². The molecule has 3 rings (SSSR count). The van der Waals surface area contributed by atoms with Crippen LogP contribution in [0.4, 0.5) is 10.5 Å². The molecule has 6 heteroatoms. The average molecular weight is 345 g/mol. The second-order valence-corrected chi connectivity index (χ2v) is 6.74. The Bertz CT molecular complexity index is 602. The summed E-state index contributed by atoms with van der Waals surface area (Å²) in [5.74, 6) is -0.232. The molecule has 1 atom stereocenters. The molecule has 0 aromatic heterocycles. The van der Waals surface area contributed by atoms with Crippen molar-refractivity contribution in [2.75, 3.05) is 38.1 Å². The molecule has 2 saturated heterocycles. The zero-order valence-corrected chi connectivity index (χ0v) is 14.9. The highest BCUT2D eigenvalue weighted by Crippen LogP contribution is 2.21. The van der Waals surface area contributed by atoms with Crippen LogP contribution in [0.1, 0.15) is 31.7 Å². The highest BCUT2D eigenvalue weighted by Gasteiger charge is 2.30. The lowest BCUT2D eigenvalue weighted by molar-refractivity contribution is -0.142. The molecule has 1 aromatic carbocycles. The largest absolute Gasteiger partial charge is 0.466 e. The summed E-state index contributed by atoms with van der Waals surface area (Å²) in [4.78, 5) is 28.4. The number of hydrogen-bond donors (Lipinski definition) is 1. The van der Waals surface area contributed by atoms with Gasteiger partial charge in [0, 0.05) is 31.4 Å². The predicted molar refractivity (Wildman–Crippen MR) is 96.6 cm³/mol. The lowest BCUT2D eigenvalue weighted by atomic mass is 10.00. The van der Waals surface area contributed by atoms with Gasteiger partial charge in [-0.2, -0.15) is 0 Å². The van der Waals surface area contributed by atoms with Crippen LogP contribution in [0.25, 0.3) is 0 Å². The summed E-state index contributed by atoms with van der Waals surface area (Å²) in [6.07, 6.45) is 3.98. The number of nitrogens with one attached hydrogen (secondary N) is 1. The van der Waals surface area contributed by atoms with Gasteiger partial charge in [-0.15, -0.1) is 0 Å². The standard InChI is InChI=1S/C19H27N3O3/c1-2-25-18(23)13-15-6-8-16(9-7-15)20-19(24)22-12-11-21-10-4-3-5-17(21)14-22/h6-9,17H,2-5,10-14H2,1H3,(H,20,24)/t17-/m0/s1. The van der Waals surface area contributed by atoms with E-state index in [-0.39, 0.29) is 18.4 Å². The van der Waals surface area contributed by atoms with Crippen molar-refractivity contribution in [3.8, 4) is 0 Å². The summed E-state index contributed by atoms with van der Waals surface area (Å²) in [5, 5.41) is 2.97. The second kappa shape index (κ2) is 8.34. The van der Waals surface area contributed by atoms with Crippen LogP contribution in [0.3, 0.4) is 0 Å². The molecule has 0 saturated carbocycles. The number of esters is 1. The first-order valence-electron chi connectivity index (χ1n) is 9.20. The highest BCUT2D eigenvalue weighted by molar-refractivity contribution is 5.89.